The fourth-order valence-electron chi connectivity index (χ4n) is 4.34. The minimum Gasteiger partial charge on any atom is -0.463 e. The van der Waals surface area contributed by atoms with Gasteiger partial charge in [-0.3, -0.25) is 19.2 Å². The van der Waals surface area contributed by atoms with Crippen molar-refractivity contribution in [3.8, 4) is 0 Å². The average molecular weight is 485 g/mol. The summed E-state index contributed by atoms with van der Waals surface area (Å²) < 4.78 is 27.1. The second-order valence-electron chi connectivity index (χ2n) is 9.78. The molecule has 0 amide bonds. The molecule has 0 aromatic heterocycles. The van der Waals surface area contributed by atoms with Gasteiger partial charge in [0.1, 0.15) is 24.9 Å². The van der Waals surface area contributed by atoms with Crippen LogP contribution in [-0.2, 0) is 42.9 Å². The fourth-order valence-corrected chi connectivity index (χ4v) is 4.34. The second kappa shape index (κ2) is 11.7. The van der Waals surface area contributed by atoms with Gasteiger partial charge in [-0.05, 0) is 18.3 Å². The number of fused-ring (bicyclic) bond motifs is 1. The lowest BCUT2D eigenvalue weighted by Gasteiger charge is -2.40. The zero-order valence-corrected chi connectivity index (χ0v) is 20.7. The summed E-state index contributed by atoms with van der Waals surface area (Å²) >= 11 is 0. The van der Waals surface area contributed by atoms with Crippen LogP contribution in [0.15, 0.2) is 11.8 Å². The van der Waals surface area contributed by atoms with Gasteiger partial charge in [0.25, 0.3) is 0 Å². The van der Waals surface area contributed by atoms with Crippen molar-refractivity contribution >= 4 is 23.9 Å². The van der Waals surface area contributed by atoms with Crippen LogP contribution >= 0.6 is 0 Å². The maximum absolute atomic E-state index is 12.4. The molecule has 0 spiro atoms. The predicted molar refractivity (Wildman–Crippen MR) is 118 cm³/mol. The quantitative estimate of drug-likeness (QED) is 0.363. The lowest BCUT2D eigenvalue weighted by molar-refractivity contribution is -0.225. The first-order chi connectivity index (χ1) is 15.8. The minimum absolute atomic E-state index is 0.0377. The van der Waals surface area contributed by atoms with E-state index in [9.17, 15) is 24.3 Å². The Morgan fingerprint density at radius 2 is 1.62 bits per heavy atom. The molecule has 2 aliphatic rings. The van der Waals surface area contributed by atoms with Crippen LogP contribution in [0.5, 0.6) is 0 Å². The van der Waals surface area contributed by atoms with Crippen molar-refractivity contribution in [1.82, 2.24) is 0 Å². The molecule has 1 saturated carbocycles. The largest absolute Gasteiger partial charge is 0.463 e. The van der Waals surface area contributed by atoms with E-state index in [0.29, 0.717) is 5.57 Å². The molecule has 192 valence electrons. The van der Waals surface area contributed by atoms with Crippen LogP contribution in [0.4, 0.5) is 0 Å². The smallest absolute Gasteiger partial charge is 0.309 e. The van der Waals surface area contributed by atoms with Crippen LogP contribution in [0.2, 0.25) is 0 Å². The van der Waals surface area contributed by atoms with Crippen LogP contribution in [0.3, 0.4) is 0 Å². The van der Waals surface area contributed by atoms with Gasteiger partial charge in [-0.1, -0.05) is 27.7 Å². The van der Waals surface area contributed by atoms with E-state index in [1.54, 1.807) is 0 Å². The molecule has 0 bridgehead atoms. The average Bonchev–Trinajstić information content (AvgIpc) is 2.97. The van der Waals surface area contributed by atoms with Gasteiger partial charge >= 0.3 is 23.9 Å². The van der Waals surface area contributed by atoms with E-state index in [-0.39, 0.29) is 43.7 Å². The number of rotatable bonds is 10. The molecule has 1 heterocycles. The first-order valence-corrected chi connectivity index (χ1v) is 11.6. The number of hydrogen-bond donors (Lipinski definition) is 1. The van der Waals surface area contributed by atoms with E-state index in [1.165, 1.54) is 20.1 Å². The zero-order valence-electron chi connectivity index (χ0n) is 20.7. The number of carbonyl (C=O) groups is 4. The molecule has 0 saturated heterocycles. The molecule has 34 heavy (non-hydrogen) atoms. The molecule has 10 nitrogen and oxygen atoms in total. The Morgan fingerprint density at radius 3 is 2.18 bits per heavy atom. The molecule has 0 unspecified atom stereocenters. The third-order valence-electron chi connectivity index (χ3n) is 5.77. The third kappa shape index (κ3) is 7.19. The van der Waals surface area contributed by atoms with Gasteiger partial charge in [-0.25, -0.2) is 0 Å². The maximum atomic E-state index is 12.4. The zero-order chi connectivity index (χ0) is 25.6. The van der Waals surface area contributed by atoms with Gasteiger partial charge in [0.05, 0.1) is 12.2 Å². The van der Waals surface area contributed by atoms with Crippen molar-refractivity contribution in [3.05, 3.63) is 11.8 Å². The summed E-state index contributed by atoms with van der Waals surface area (Å²) in [6, 6.07) is 0. The van der Waals surface area contributed by atoms with Gasteiger partial charge in [-0.2, -0.15) is 0 Å². The van der Waals surface area contributed by atoms with E-state index in [2.05, 4.69) is 0 Å². The topological polar surface area (TPSA) is 135 Å². The predicted octanol–water partition coefficient (Wildman–Crippen LogP) is 2.27. The van der Waals surface area contributed by atoms with Crippen LogP contribution in [-0.4, -0.2) is 60.2 Å². The van der Waals surface area contributed by atoms with Crippen LogP contribution in [0.1, 0.15) is 60.8 Å². The van der Waals surface area contributed by atoms with Gasteiger partial charge in [0.2, 0.25) is 6.29 Å². The number of hydrogen-bond acceptors (Lipinski definition) is 10. The van der Waals surface area contributed by atoms with Crippen LogP contribution in [0, 0.1) is 23.7 Å². The van der Waals surface area contributed by atoms with Gasteiger partial charge in [-0.15, -0.1) is 0 Å². The van der Waals surface area contributed by atoms with E-state index in [4.69, 9.17) is 23.7 Å². The highest BCUT2D eigenvalue weighted by atomic mass is 16.7. The lowest BCUT2D eigenvalue weighted by atomic mass is 9.80. The molecular weight excluding hydrogens is 448 g/mol. The fraction of sp³-hybridized carbons (Fsp3) is 0.750. The first-order valence-electron chi connectivity index (χ1n) is 11.6. The molecule has 1 fully saturated rings. The Labute approximate surface area is 199 Å². The minimum atomic E-state index is -1.90. The van der Waals surface area contributed by atoms with Crippen molar-refractivity contribution < 1.29 is 48.0 Å². The van der Waals surface area contributed by atoms with Crippen molar-refractivity contribution in [2.24, 2.45) is 23.7 Å². The Bertz CT molecular complexity index is 802. The summed E-state index contributed by atoms with van der Waals surface area (Å²) in [7, 11) is 0. The molecule has 5 atom stereocenters. The summed E-state index contributed by atoms with van der Waals surface area (Å²) in [5.41, 5.74) is -1.36. The Balaban J connectivity index is 2.36. The van der Waals surface area contributed by atoms with Crippen LogP contribution in [0.25, 0.3) is 0 Å². The summed E-state index contributed by atoms with van der Waals surface area (Å²) in [6.45, 7) is 9.30. The van der Waals surface area contributed by atoms with Crippen molar-refractivity contribution in [1.29, 1.82) is 0 Å². The highest BCUT2D eigenvalue weighted by molar-refractivity contribution is 5.70. The van der Waals surface area contributed by atoms with Gasteiger partial charge in [0, 0.05) is 38.2 Å². The first kappa shape index (κ1) is 27.6. The normalized spacial score (nSPS) is 28.0. The number of carbonyl (C=O) groups excluding carboxylic acids is 4. The molecule has 1 N–H and O–H groups in total. The Kier molecular flexibility index (Phi) is 9.49. The molecule has 1 aliphatic carbocycles. The molecule has 0 aromatic rings. The molecule has 0 radical (unpaired) electrons. The highest BCUT2D eigenvalue weighted by Gasteiger charge is 2.63. The molecule has 10 heteroatoms. The third-order valence-corrected chi connectivity index (χ3v) is 5.77. The van der Waals surface area contributed by atoms with Crippen molar-refractivity contribution in [2.45, 2.75) is 78.8 Å². The molecule has 1 aliphatic heterocycles. The number of aliphatic hydroxyl groups is 1. The standard InChI is InChI=1S/C24H36O10/c1-13(2)7-20(27)30-10-17-11-31-23(34-21(28)8-14(3)4)22-18(17)9-19(33-16(6)26)24(22,29)12-32-15(5)25/h11,13-14,18-19,22-23,29H,7-10,12H2,1-6H3/t18-,19+,22-,23+,24-/m1/s1. The van der Waals surface area contributed by atoms with Crippen molar-refractivity contribution in [2.75, 3.05) is 13.2 Å². The van der Waals surface area contributed by atoms with E-state index in [1.807, 2.05) is 27.7 Å². The molecule has 2 rings (SSSR count). The summed E-state index contributed by atoms with van der Waals surface area (Å²) in [5, 5.41) is 11.7. The Hall–Kier alpha value is -2.62. The van der Waals surface area contributed by atoms with Crippen LogP contribution < -0.4 is 0 Å². The number of ether oxygens (including phenoxy) is 5. The van der Waals surface area contributed by atoms with Crippen molar-refractivity contribution in [3.63, 3.8) is 0 Å². The maximum Gasteiger partial charge on any atom is 0.309 e. The summed E-state index contributed by atoms with van der Waals surface area (Å²) in [5.74, 6) is -3.48. The molecular formula is C24H36O10. The lowest BCUT2D eigenvalue weighted by Crippen LogP contribution is -2.55. The second-order valence-corrected chi connectivity index (χ2v) is 9.78. The van der Waals surface area contributed by atoms with E-state index in [0.717, 1.165) is 0 Å². The van der Waals surface area contributed by atoms with Gasteiger partial charge in [0.15, 0.2) is 0 Å². The SMILES string of the molecule is CC(=O)OC[C@]1(O)[C@H]2[C@H](OC(=O)CC(C)C)OC=C(COC(=O)CC(C)C)[C@H]2C[C@@H]1OC(C)=O. The van der Waals surface area contributed by atoms with E-state index < -0.39 is 54.3 Å². The monoisotopic (exact) mass is 484 g/mol. The summed E-state index contributed by atoms with van der Waals surface area (Å²) in [4.78, 5) is 47.8. The van der Waals surface area contributed by atoms with E-state index >= 15 is 0 Å². The molecule has 0 aromatic carbocycles. The highest BCUT2D eigenvalue weighted by Crippen LogP contribution is 2.50. The summed E-state index contributed by atoms with van der Waals surface area (Å²) in [6.07, 6.45) is -0.411. The number of esters is 4. The Morgan fingerprint density at radius 1 is 1.00 bits per heavy atom. The van der Waals surface area contributed by atoms with Gasteiger partial charge < -0.3 is 28.8 Å².